The maximum absolute atomic E-state index is 10.2. The van der Waals surface area contributed by atoms with Crippen molar-refractivity contribution in [2.24, 2.45) is 0 Å². The zero-order chi connectivity index (χ0) is 18.8. The molecule has 5 heteroatoms. The van der Waals surface area contributed by atoms with Crippen LogP contribution in [0.4, 0.5) is 0 Å². The van der Waals surface area contributed by atoms with Crippen molar-refractivity contribution in [1.82, 2.24) is 15.0 Å². The Hall–Kier alpha value is -2.82. The molecule has 3 rings (SSSR count). The van der Waals surface area contributed by atoms with Crippen LogP contribution in [0.1, 0.15) is 56.2 Å². The summed E-state index contributed by atoms with van der Waals surface area (Å²) in [7, 11) is 0. The number of benzene rings is 2. The molecule has 26 heavy (non-hydrogen) atoms. The molecule has 0 aliphatic carbocycles. The summed E-state index contributed by atoms with van der Waals surface area (Å²) < 4.78 is 1.75. The van der Waals surface area contributed by atoms with Crippen molar-refractivity contribution in [3.05, 3.63) is 59.3 Å². The molecular weight excluding hydrogens is 326 g/mol. The summed E-state index contributed by atoms with van der Waals surface area (Å²) in [5, 5.41) is 28.6. The molecule has 0 atom stereocenters. The standard InChI is InChI=1S/C21H25N3O2/c1-13(2)16-7-5-15(6-8-16)11-24-12-19(22-23-24)18-9-17(14(3)4)20(25)10-21(18)26/h5-10,12-14,25-26H,11H2,1-4H3. The van der Waals surface area contributed by atoms with Gasteiger partial charge in [0.1, 0.15) is 17.2 Å². The Morgan fingerprint density at radius 2 is 1.62 bits per heavy atom. The van der Waals surface area contributed by atoms with Crippen molar-refractivity contribution in [3.63, 3.8) is 0 Å². The normalized spacial score (nSPS) is 11.5. The first-order valence-corrected chi connectivity index (χ1v) is 8.90. The number of aromatic nitrogens is 3. The number of rotatable bonds is 5. The van der Waals surface area contributed by atoms with Gasteiger partial charge in [0.15, 0.2) is 0 Å². The van der Waals surface area contributed by atoms with Crippen molar-refractivity contribution in [1.29, 1.82) is 0 Å². The fourth-order valence-corrected chi connectivity index (χ4v) is 2.96. The molecule has 1 aromatic heterocycles. The number of phenols is 2. The first-order chi connectivity index (χ1) is 12.3. The summed E-state index contributed by atoms with van der Waals surface area (Å²) in [6.07, 6.45) is 1.81. The van der Waals surface area contributed by atoms with Crippen molar-refractivity contribution >= 4 is 0 Å². The maximum Gasteiger partial charge on any atom is 0.128 e. The van der Waals surface area contributed by atoms with Gasteiger partial charge in [0, 0.05) is 11.6 Å². The second-order valence-corrected chi connectivity index (χ2v) is 7.28. The third-order valence-corrected chi connectivity index (χ3v) is 4.57. The van der Waals surface area contributed by atoms with Gasteiger partial charge in [-0.3, -0.25) is 0 Å². The lowest BCUT2D eigenvalue weighted by Gasteiger charge is -2.11. The molecule has 0 aliphatic rings. The molecule has 0 saturated heterocycles. The molecule has 2 aromatic carbocycles. The Morgan fingerprint density at radius 1 is 0.923 bits per heavy atom. The van der Waals surface area contributed by atoms with E-state index in [0.717, 1.165) is 11.1 Å². The minimum absolute atomic E-state index is 0.000219. The zero-order valence-corrected chi connectivity index (χ0v) is 15.6. The van der Waals surface area contributed by atoms with Crippen molar-refractivity contribution in [2.75, 3.05) is 0 Å². The lowest BCUT2D eigenvalue weighted by atomic mass is 9.98. The van der Waals surface area contributed by atoms with E-state index >= 15 is 0 Å². The van der Waals surface area contributed by atoms with Gasteiger partial charge < -0.3 is 10.2 Å². The van der Waals surface area contributed by atoms with E-state index in [2.05, 4.69) is 48.4 Å². The van der Waals surface area contributed by atoms with E-state index in [1.807, 2.05) is 20.0 Å². The number of hydrogen-bond acceptors (Lipinski definition) is 4. The summed E-state index contributed by atoms with van der Waals surface area (Å²) in [5.41, 5.74) is 4.39. The van der Waals surface area contributed by atoms with Crippen LogP contribution in [0, 0.1) is 0 Å². The largest absolute Gasteiger partial charge is 0.508 e. The Morgan fingerprint density at radius 3 is 2.23 bits per heavy atom. The van der Waals surface area contributed by atoms with Crippen molar-refractivity contribution in [2.45, 2.75) is 46.1 Å². The van der Waals surface area contributed by atoms with Crippen LogP contribution >= 0.6 is 0 Å². The van der Waals surface area contributed by atoms with Gasteiger partial charge in [0.05, 0.1) is 12.7 Å². The van der Waals surface area contributed by atoms with E-state index in [0.29, 0.717) is 23.7 Å². The van der Waals surface area contributed by atoms with Gasteiger partial charge in [0.2, 0.25) is 0 Å². The molecule has 0 spiro atoms. The van der Waals surface area contributed by atoms with E-state index in [1.54, 1.807) is 10.7 Å². The van der Waals surface area contributed by atoms with Crippen LogP contribution < -0.4 is 0 Å². The highest BCUT2D eigenvalue weighted by molar-refractivity contribution is 5.69. The molecule has 0 radical (unpaired) electrons. The van der Waals surface area contributed by atoms with E-state index in [9.17, 15) is 10.2 Å². The van der Waals surface area contributed by atoms with Gasteiger partial charge in [-0.25, -0.2) is 4.68 Å². The predicted octanol–water partition coefficient (Wildman–Crippen LogP) is 4.65. The average molecular weight is 351 g/mol. The molecule has 1 heterocycles. The summed E-state index contributed by atoms with van der Waals surface area (Å²) in [5.74, 6) is 0.748. The van der Waals surface area contributed by atoms with Crippen molar-refractivity contribution < 1.29 is 10.2 Å². The van der Waals surface area contributed by atoms with Gasteiger partial charge in [-0.2, -0.15) is 0 Å². The Labute approximate surface area is 153 Å². The van der Waals surface area contributed by atoms with Crippen LogP contribution in [0.2, 0.25) is 0 Å². The van der Waals surface area contributed by atoms with E-state index in [1.165, 1.54) is 11.6 Å². The average Bonchev–Trinajstić information content (AvgIpc) is 3.03. The third kappa shape index (κ3) is 3.72. The van der Waals surface area contributed by atoms with Gasteiger partial charge in [-0.05, 0) is 34.6 Å². The summed E-state index contributed by atoms with van der Waals surface area (Å²) in [4.78, 5) is 0. The summed E-state index contributed by atoms with van der Waals surface area (Å²) in [6, 6.07) is 11.6. The molecule has 3 aromatic rings. The number of nitrogens with zero attached hydrogens (tertiary/aromatic N) is 3. The van der Waals surface area contributed by atoms with Gasteiger partial charge in [0.25, 0.3) is 0 Å². The Kier molecular flexibility index (Phi) is 4.98. The molecule has 136 valence electrons. The monoisotopic (exact) mass is 351 g/mol. The smallest absolute Gasteiger partial charge is 0.128 e. The second kappa shape index (κ2) is 7.20. The highest BCUT2D eigenvalue weighted by Crippen LogP contribution is 2.36. The SMILES string of the molecule is CC(C)c1ccc(Cn2cc(-c3cc(C(C)C)c(O)cc3O)nn2)cc1. The minimum Gasteiger partial charge on any atom is -0.508 e. The molecule has 0 amide bonds. The van der Waals surface area contributed by atoms with E-state index in [4.69, 9.17) is 0 Å². The van der Waals surface area contributed by atoms with Crippen LogP contribution in [-0.4, -0.2) is 25.2 Å². The molecular formula is C21H25N3O2. The Bertz CT molecular complexity index is 896. The third-order valence-electron chi connectivity index (χ3n) is 4.57. The molecule has 0 unspecified atom stereocenters. The number of hydrogen-bond donors (Lipinski definition) is 2. The van der Waals surface area contributed by atoms with E-state index < -0.39 is 0 Å². The predicted molar refractivity (Wildman–Crippen MR) is 103 cm³/mol. The van der Waals surface area contributed by atoms with Crippen molar-refractivity contribution in [3.8, 4) is 22.8 Å². The van der Waals surface area contributed by atoms with E-state index in [-0.39, 0.29) is 17.4 Å². The molecule has 0 aliphatic heterocycles. The minimum atomic E-state index is 0.000219. The fourth-order valence-electron chi connectivity index (χ4n) is 2.96. The summed E-state index contributed by atoms with van der Waals surface area (Å²) >= 11 is 0. The lowest BCUT2D eigenvalue weighted by Crippen LogP contribution is -2.00. The van der Waals surface area contributed by atoms with Crippen LogP contribution in [0.3, 0.4) is 0 Å². The summed E-state index contributed by atoms with van der Waals surface area (Å²) in [6.45, 7) is 8.95. The molecule has 0 fully saturated rings. The van der Waals surface area contributed by atoms with Gasteiger partial charge in [-0.15, -0.1) is 5.10 Å². The first kappa shape index (κ1) is 18.0. The van der Waals surface area contributed by atoms with Crippen LogP contribution in [-0.2, 0) is 6.54 Å². The number of aromatic hydroxyl groups is 2. The molecule has 5 nitrogen and oxygen atoms in total. The van der Waals surface area contributed by atoms with Gasteiger partial charge >= 0.3 is 0 Å². The Balaban J connectivity index is 1.85. The second-order valence-electron chi connectivity index (χ2n) is 7.28. The first-order valence-electron chi connectivity index (χ1n) is 8.90. The maximum atomic E-state index is 10.2. The molecule has 2 N–H and O–H groups in total. The fraction of sp³-hybridized carbons (Fsp3) is 0.333. The lowest BCUT2D eigenvalue weighted by molar-refractivity contribution is 0.445. The molecule has 0 saturated carbocycles. The quantitative estimate of drug-likeness (QED) is 0.702. The number of phenolic OH excluding ortho intramolecular Hbond substituents is 2. The topological polar surface area (TPSA) is 71.2 Å². The zero-order valence-electron chi connectivity index (χ0n) is 15.6. The highest BCUT2D eigenvalue weighted by Gasteiger charge is 2.15. The van der Waals surface area contributed by atoms with Crippen LogP contribution in [0.25, 0.3) is 11.3 Å². The molecule has 0 bridgehead atoms. The highest BCUT2D eigenvalue weighted by atomic mass is 16.3. The van der Waals surface area contributed by atoms with Crippen LogP contribution in [0.15, 0.2) is 42.6 Å². The van der Waals surface area contributed by atoms with Crippen LogP contribution in [0.5, 0.6) is 11.5 Å². The van der Waals surface area contributed by atoms with Gasteiger partial charge in [-0.1, -0.05) is 57.2 Å².